The molecule has 0 aromatic carbocycles. The second-order valence-corrected chi connectivity index (χ2v) is 3.60. The Bertz CT molecular complexity index is 440. The quantitative estimate of drug-likeness (QED) is 0.848. The number of aromatic nitrogens is 2. The van der Waals surface area contributed by atoms with Gasteiger partial charge >= 0.3 is 0 Å². The molecule has 0 atom stereocenters. The largest absolute Gasteiger partial charge is 0.385 e. The van der Waals surface area contributed by atoms with Crippen LogP contribution in [0.5, 0.6) is 0 Å². The molecule has 0 saturated heterocycles. The zero-order chi connectivity index (χ0) is 11.2. The Hall–Kier alpha value is -1.90. The van der Waals surface area contributed by atoms with Gasteiger partial charge in [-0.1, -0.05) is 0 Å². The van der Waals surface area contributed by atoms with Crippen molar-refractivity contribution in [2.24, 2.45) is 0 Å². The zero-order valence-electron chi connectivity index (χ0n) is 9.35. The highest BCUT2D eigenvalue weighted by molar-refractivity contribution is 5.43. The topological polar surface area (TPSA) is 37.8 Å². The molecule has 0 saturated carbocycles. The number of nitrogens with zero attached hydrogens (tertiary/aromatic N) is 2. The Balaban J connectivity index is 2.12. The van der Waals surface area contributed by atoms with Crippen LogP contribution in [0.2, 0.25) is 0 Å². The van der Waals surface area contributed by atoms with Gasteiger partial charge < -0.3 is 5.32 Å². The minimum Gasteiger partial charge on any atom is -0.385 e. The molecule has 0 aliphatic rings. The molecule has 0 unspecified atom stereocenters. The van der Waals surface area contributed by atoms with Crippen LogP contribution in [-0.4, -0.2) is 16.5 Å². The summed E-state index contributed by atoms with van der Waals surface area (Å²) in [4.78, 5) is 8.36. The molecule has 3 nitrogen and oxygen atoms in total. The van der Waals surface area contributed by atoms with Crippen molar-refractivity contribution in [3.05, 3.63) is 54.1 Å². The van der Waals surface area contributed by atoms with Gasteiger partial charge in [0.2, 0.25) is 0 Å². The van der Waals surface area contributed by atoms with Crippen LogP contribution >= 0.6 is 0 Å². The lowest BCUT2D eigenvalue weighted by Crippen LogP contribution is -1.99. The third-order valence-corrected chi connectivity index (χ3v) is 2.33. The van der Waals surface area contributed by atoms with Crippen molar-refractivity contribution in [1.82, 2.24) is 9.97 Å². The molecule has 1 N–H and O–H groups in total. The first kappa shape index (κ1) is 10.6. The number of hydrogen-bond acceptors (Lipinski definition) is 3. The molecule has 0 bridgehead atoms. The van der Waals surface area contributed by atoms with Gasteiger partial charge in [0.1, 0.15) is 0 Å². The summed E-state index contributed by atoms with van der Waals surface area (Å²) in [6.45, 7) is 3.02. The first-order valence-electron chi connectivity index (χ1n) is 5.46. The molecule has 2 aromatic heterocycles. The molecule has 82 valence electrons. The van der Waals surface area contributed by atoms with Crippen molar-refractivity contribution < 1.29 is 0 Å². The van der Waals surface area contributed by atoms with Crippen molar-refractivity contribution in [3.8, 4) is 0 Å². The fourth-order valence-corrected chi connectivity index (χ4v) is 1.60. The highest BCUT2D eigenvalue weighted by Gasteiger charge is 1.98. The zero-order valence-corrected chi connectivity index (χ0v) is 9.35. The molecule has 0 aliphatic heterocycles. The fraction of sp³-hybridized carbons (Fsp3) is 0.231. The van der Waals surface area contributed by atoms with Crippen molar-refractivity contribution in [2.75, 3.05) is 11.9 Å². The van der Waals surface area contributed by atoms with Gasteiger partial charge in [-0.15, -0.1) is 0 Å². The summed E-state index contributed by atoms with van der Waals surface area (Å²) in [6, 6.07) is 8.10. The maximum Gasteiger partial charge on any atom is 0.0467 e. The summed E-state index contributed by atoms with van der Waals surface area (Å²) in [5.41, 5.74) is 3.43. The van der Waals surface area contributed by atoms with Crippen molar-refractivity contribution in [3.63, 3.8) is 0 Å². The van der Waals surface area contributed by atoms with Crippen LogP contribution in [0.4, 0.5) is 5.69 Å². The molecule has 2 aromatic rings. The monoisotopic (exact) mass is 213 g/mol. The average molecular weight is 213 g/mol. The molecule has 2 heterocycles. The smallest absolute Gasteiger partial charge is 0.0467 e. The first-order valence-corrected chi connectivity index (χ1v) is 5.46. The summed E-state index contributed by atoms with van der Waals surface area (Å²) < 4.78 is 0. The maximum absolute atomic E-state index is 4.36. The summed E-state index contributed by atoms with van der Waals surface area (Å²) in [5, 5.41) is 3.28. The summed E-state index contributed by atoms with van der Waals surface area (Å²) in [6.07, 6.45) is 6.31. The van der Waals surface area contributed by atoms with Crippen LogP contribution in [0.1, 0.15) is 18.2 Å². The third-order valence-electron chi connectivity index (χ3n) is 2.33. The van der Waals surface area contributed by atoms with Gasteiger partial charge in [0, 0.05) is 42.9 Å². The SMILES string of the molecule is CCNc1ccnc(Cc2ccncc2)c1. The maximum atomic E-state index is 4.36. The van der Waals surface area contributed by atoms with E-state index in [-0.39, 0.29) is 0 Å². The number of nitrogens with one attached hydrogen (secondary N) is 1. The lowest BCUT2D eigenvalue weighted by atomic mass is 10.1. The Morgan fingerprint density at radius 2 is 1.94 bits per heavy atom. The molecular formula is C13H15N3. The molecule has 2 rings (SSSR count). The van der Waals surface area contributed by atoms with E-state index >= 15 is 0 Å². The second kappa shape index (κ2) is 5.26. The van der Waals surface area contributed by atoms with Gasteiger partial charge in [-0.3, -0.25) is 9.97 Å². The van der Waals surface area contributed by atoms with E-state index < -0.39 is 0 Å². The van der Waals surface area contributed by atoms with Crippen LogP contribution in [-0.2, 0) is 6.42 Å². The molecule has 16 heavy (non-hydrogen) atoms. The van der Waals surface area contributed by atoms with Crippen molar-refractivity contribution in [2.45, 2.75) is 13.3 Å². The molecular weight excluding hydrogens is 198 g/mol. The van der Waals surface area contributed by atoms with Crippen molar-refractivity contribution in [1.29, 1.82) is 0 Å². The number of pyridine rings is 2. The van der Waals surface area contributed by atoms with E-state index in [4.69, 9.17) is 0 Å². The summed E-state index contributed by atoms with van der Waals surface area (Å²) in [5.74, 6) is 0. The van der Waals surface area contributed by atoms with Crippen molar-refractivity contribution >= 4 is 5.69 Å². The number of anilines is 1. The van der Waals surface area contributed by atoms with Gasteiger partial charge in [0.05, 0.1) is 0 Å². The molecule has 0 fully saturated rings. The van der Waals surface area contributed by atoms with E-state index in [0.717, 1.165) is 24.3 Å². The van der Waals surface area contributed by atoms with Gasteiger partial charge in [0.15, 0.2) is 0 Å². The molecule has 3 heteroatoms. The van der Waals surface area contributed by atoms with E-state index in [2.05, 4.69) is 28.3 Å². The first-order chi connectivity index (χ1) is 7.88. The lowest BCUT2D eigenvalue weighted by Gasteiger charge is -2.05. The Morgan fingerprint density at radius 1 is 1.12 bits per heavy atom. The van der Waals surface area contributed by atoms with E-state index in [1.165, 1.54) is 5.56 Å². The van der Waals surface area contributed by atoms with E-state index in [1.54, 1.807) is 0 Å². The molecule has 0 radical (unpaired) electrons. The third kappa shape index (κ3) is 2.79. The second-order valence-electron chi connectivity index (χ2n) is 3.60. The highest BCUT2D eigenvalue weighted by atomic mass is 14.9. The van der Waals surface area contributed by atoms with Gasteiger partial charge in [-0.2, -0.15) is 0 Å². The Kier molecular flexibility index (Phi) is 3.49. The van der Waals surface area contributed by atoms with Crippen LogP contribution in [0, 0.1) is 0 Å². The van der Waals surface area contributed by atoms with E-state index in [0.29, 0.717) is 0 Å². The summed E-state index contributed by atoms with van der Waals surface area (Å²) >= 11 is 0. The van der Waals surface area contributed by atoms with Gasteiger partial charge in [-0.25, -0.2) is 0 Å². The Labute approximate surface area is 95.6 Å². The van der Waals surface area contributed by atoms with E-state index in [9.17, 15) is 0 Å². The standard InChI is InChI=1S/C13H15N3/c1-2-15-12-5-8-16-13(10-12)9-11-3-6-14-7-4-11/h3-8,10H,2,9H2,1H3,(H,15,16). The average Bonchev–Trinajstić information content (AvgIpc) is 2.31. The highest BCUT2D eigenvalue weighted by Crippen LogP contribution is 2.11. The number of hydrogen-bond donors (Lipinski definition) is 1. The molecule has 0 spiro atoms. The van der Waals surface area contributed by atoms with E-state index in [1.807, 2.05) is 36.8 Å². The minimum atomic E-state index is 0.849. The molecule has 0 aliphatic carbocycles. The minimum absolute atomic E-state index is 0.849. The van der Waals surface area contributed by atoms with Gasteiger partial charge in [0.25, 0.3) is 0 Å². The predicted octanol–water partition coefficient (Wildman–Crippen LogP) is 2.50. The van der Waals surface area contributed by atoms with Crippen LogP contribution in [0.3, 0.4) is 0 Å². The normalized spacial score (nSPS) is 10.1. The summed E-state index contributed by atoms with van der Waals surface area (Å²) in [7, 11) is 0. The van der Waals surface area contributed by atoms with Gasteiger partial charge in [-0.05, 0) is 36.8 Å². The number of rotatable bonds is 4. The molecule has 0 amide bonds. The fourth-order valence-electron chi connectivity index (χ4n) is 1.60. The van der Waals surface area contributed by atoms with Crippen LogP contribution in [0.25, 0.3) is 0 Å². The van der Waals surface area contributed by atoms with Crippen LogP contribution < -0.4 is 5.32 Å². The lowest BCUT2D eigenvalue weighted by molar-refractivity contribution is 1.06. The predicted molar refractivity (Wildman–Crippen MR) is 65.4 cm³/mol. The van der Waals surface area contributed by atoms with Crippen LogP contribution in [0.15, 0.2) is 42.9 Å². The Morgan fingerprint density at radius 3 is 2.69 bits per heavy atom.